The van der Waals surface area contributed by atoms with Crippen LogP contribution in [0.5, 0.6) is 0 Å². The zero-order valence-corrected chi connectivity index (χ0v) is 14.8. The Kier molecular flexibility index (Phi) is 5.16. The van der Waals surface area contributed by atoms with Crippen LogP contribution >= 0.6 is 11.3 Å². The van der Waals surface area contributed by atoms with Crippen molar-refractivity contribution in [2.45, 2.75) is 58.4 Å². The maximum Gasteiger partial charge on any atom is 0.264 e. The van der Waals surface area contributed by atoms with E-state index in [0.717, 1.165) is 55.8 Å². The lowest BCUT2D eigenvalue weighted by atomic mass is 10.0. The normalized spacial score (nSPS) is 18.3. The van der Waals surface area contributed by atoms with E-state index in [1.165, 1.54) is 10.4 Å². The average Bonchev–Trinajstić information content (AvgIpc) is 3.24. The van der Waals surface area contributed by atoms with Crippen LogP contribution in [0.25, 0.3) is 0 Å². The molecular formula is C18H25N3OS. The predicted molar refractivity (Wildman–Crippen MR) is 93.9 cm³/mol. The predicted octanol–water partition coefficient (Wildman–Crippen LogP) is 4.35. The molecule has 3 heterocycles. The zero-order chi connectivity index (χ0) is 16.2. The number of hydrogen-bond acceptors (Lipinski definition) is 3. The van der Waals surface area contributed by atoms with Crippen molar-refractivity contribution in [3.05, 3.63) is 39.6 Å². The molecule has 1 aliphatic heterocycles. The highest BCUT2D eigenvalue weighted by molar-refractivity contribution is 7.14. The number of amides is 1. The first-order valence-corrected chi connectivity index (χ1v) is 9.48. The molecule has 5 heteroatoms. The number of imidazole rings is 1. The lowest BCUT2D eigenvalue weighted by Gasteiger charge is -2.34. The Morgan fingerprint density at radius 3 is 3.00 bits per heavy atom. The number of piperidine rings is 1. The Bertz CT molecular complexity index is 647. The number of rotatable bonds is 5. The highest BCUT2D eigenvalue weighted by atomic mass is 32.1. The second-order valence-corrected chi connectivity index (χ2v) is 7.28. The Morgan fingerprint density at radius 1 is 1.43 bits per heavy atom. The van der Waals surface area contributed by atoms with Gasteiger partial charge in [-0.1, -0.05) is 20.3 Å². The first-order valence-electron chi connectivity index (χ1n) is 8.66. The SMILES string of the molecule is CCCc1sc(C(=O)N2CCCC[C@H]2c2ncc[nH]2)cc1CC. The molecule has 0 aromatic carbocycles. The Morgan fingerprint density at radius 2 is 2.30 bits per heavy atom. The summed E-state index contributed by atoms with van der Waals surface area (Å²) in [7, 11) is 0. The van der Waals surface area contributed by atoms with E-state index in [0.29, 0.717) is 0 Å². The molecule has 23 heavy (non-hydrogen) atoms. The molecule has 0 bridgehead atoms. The van der Waals surface area contributed by atoms with E-state index in [1.54, 1.807) is 17.5 Å². The van der Waals surface area contributed by atoms with Crippen LogP contribution in [0.3, 0.4) is 0 Å². The third-order valence-corrected chi connectivity index (χ3v) is 5.79. The van der Waals surface area contributed by atoms with E-state index in [-0.39, 0.29) is 11.9 Å². The number of nitrogens with one attached hydrogen (secondary N) is 1. The largest absolute Gasteiger partial charge is 0.347 e. The first-order chi connectivity index (χ1) is 11.2. The summed E-state index contributed by atoms with van der Waals surface area (Å²) in [6.07, 6.45) is 10.0. The summed E-state index contributed by atoms with van der Waals surface area (Å²) < 4.78 is 0. The van der Waals surface area contributed by atoms with Crippen LogP contribution in [0.1, 0.15) is 71.5 Å². The topological polar surface area (TPSA) is 49.0 Å². The number of aromatic amines is 1. The Hall–Kier alpha value is -1.62. The molecule has 1 atom stereocenters. The molecule has 0 radical (unpaired) electrons. The molecule has 0 spiro atoms. The van der Waals surface area contributed by atoms with Crippen LogP contribution in [0, 0.1) is 0 Å². The summed E-state index contributed by atoms with van der Waals surface area (Å²) in [4.78, 5) is 25.0. The number of nitrogens with zero attached hydrogens (tertiary/aromatic N) is 2. The van der Waals surface area contributed by atoms with Crippen molar-refractivity contribution in [2.75, 3.05) is 6.54 Å². The second kappa shape index (κ2) is 7.30. The van der Waals surface area contributed by atoms with Crippen LogP contribution < -0.4 is 0 Å². The molecule has 1 saturated heterocycles. The fourth-order valence-corrected chi connectivity index (χ4v) is 4.68. The molecule has 2 aromatic rings. The molecule has 1 aliphatic rings. The molecule has 4 nitrogen and oxygen atoms in total. The van der Waals surface area contributed by atoms with Gasteiger partial charge in [0, 0.05) is 23.8 Å². The summed E-state index contributed by atoms with van der Waals surface area (Å²) >= 11 is 1.69. The van der Waals surface area contributed by atoms with E-state index < -0.39 is 0 Å². The van der Waals surface area contributed by atoms with Crippen molar-refractivity contribution in [1.82, 2.24) is 14.9 Å². The van der Waals surface area contributed by atoms with Crippen molar-refractivity contribution < 1.29 is 4.79 Å². The molecular weight excluding hydrogens is 306 g/mol. The van der Waals surface area contributed by atoms with Gasteiger partial charge in [0.25, 0.3) is 5.91 Å². The fraction of sp³-hybridized carbons (Fsp3) is 0.556. The highest BCUT2D eigenvalue weighted by Gasteiger charge is 2.31. The third-order valence-electron chi connectivity index (χ3n) is 4.56. The minimum Gasteiger partial charge on any atom is -0.347 e. The van der Waals surface area contributed by atoms with Crippen LogP contribution in [-0.2, 0) is 12.8 Å². The van der Waals surface area contributed by atoms with E-state index in [1.807, 2.05) is 11.1 Å². The van der Waals surface area contributed by atoms with Crippen molar-refractivity contribution >= 4 is 17.2 Å². The summed E-state index contributed by atoms with van der Waals surface area (Å²) in [6, 6.07) is 2.21. The summed E-state index contributed by atoms with van der Waals surface area (Å²) in [5, 5.41) is 0. The van der Waals surface area contributed by atoms with Gasteiger partial charge < -0.3 is 9.88 Å². The number of aryl methyl sites for hydroxylation is 2. The van der Waals surface area contributed by atoms with Gasteiger partial charge in [0.2, 0.25) is 0 Å². The molecule has 1 fully saturated rings. The van der Waals surface area contributed by atoms with Crippen LogP contribution in [0.15, 0.2) is 18.5 Å². The number of H-pyrrole nitrogens is 1. The van der Waals surface area contributed by atoms with Gasteiger partial charge in [-0.2, -0.15) is 0 Å². The van der Waals surface area contributed by atoms with Gasteiger partial charge in [-0.05, 0) is 43.7 Å². The van der Waals surface area contributed by atoms with E-state index in [2.05, 4.69) is 29.9 Å². The summed E-state index contributed by atoms with van der Waals surface area (Å²) in [5.41, 5.74) is 1.34. The summed E-state index contributed by atoms with van der Waals surface area (Å²) in [5.74, 6) is 1.09. The average molecular weight is 331 g/mol. The Labute approximate surface area is 141 Å². The highest BCUT2D eigenvalue weighted by Crippen LogP contribution is 2.33. The maximum atomic E-state index is 13.1. The molecule has 1 amide bonds. The molecule has 124 valence electrons. The van der Waals surface area contributed by atoms with Crippen molar-refractivity contribution in [1.29, 1.82) is 0 Å². The maximum absolute atomic E-state index is 13.1. The van der Waals surface area contributed by atoms with Crippen LogP contribution in [-0.4, -0.2) is 27.3 Å². The van der Waals surface area contributed by atoms with Crippen LogP contribution in [0.4, 0.5) is 0 Å². The number of carbonyl (C=O) groups excluding carboxylic acids is 1. The van der Waals surface area contributed by atoms with Crippen molar-refractivity contribution in [3.63, 3.8) is 0 Å². The van der Waals surface area contributed by atoms with E-state index in [9.17, 15) is 4.79 Å². The lowest BCUT2D eigenvalue weighted by Crippen LogP contribution is -2.38. The quantitative estimate of drug-likeness (QED) is 0.885. The third kappa shape index (κ3) is 3.34. The minimum absolute atomic E-state index is 0.0908. The number of likely N-dealkylation sites (tertiary alicyclic amines) is 1. The van der Waals surface area contributed by atoms with E-state index in [4.69, 9.17) is 0 Å². The second-order valence-electron chi connectivity index (χ2n) is 6.15. The molecule has 3 rings (SSSR count). The molecule has 1 N–H and O–H groups in total. The van der Waals surface area contributed by atoms with Gasteiger partial charge in [-0.15, -0.1) is 11.3 Å². The molecule has 0 saturated carbocycles. The smallest absolute Gasteiger partial charge is 0.264 e. The summed E-state index contributed by atoms with van der Waals surface area (Å²) in [6.45, 7) is 5.19. The van der Waals surface area contributed by atoms with Gasteiger partial charge in [0.05, 0.1) is 10.9 Å². The fourth-order valence-electron chi connectivity index (χ4n) is 3.37. The standard InChI is InChI=1S/C18H25N3OS/c1-3-7-15-13(4-2)12-16(23-15)18(22)21-11-6-5-8-14(21)17-19-9-10-20-17/h9-10,12,14H,3-8,11H2,1-2H3,(H,19,20)/t14-/m0/s1. The first kappa shape index (κ1) is 16.2. The Balaban J connectivity index is 1.85. The van der Waals surface area contributed by atoms with Gasteiger partial charge >= 0.3 is 0 Å². The molecule has 0 unspecified atom stereocenters. The van der Waals surface area contributed by atoms with Crippen molar-refractivity contribution in [3.8, 4) is 0 Å². The number of carbonyl (C=O) groups is 1. The van der Waals surface area contributed by atoms with Gasteiger partial charge in [-0.25, -0.2) is 4.98 Å². The number of hydrogen-bond donors (Lipinski definition) is 1. The number of aromatic nitrogens is 2. The molecule has 2 aromatic heterocycles. The van der Waals surface area contributed by atoms with Crippen LogP contribution in [0.2, 0.25) is 0 Å². The molecule has 0 aliphatic carbocycles. The van der Waals surface area contributed by atoms with E-state index >= 15 is 0 Å². The van der Waals surface area contributed by atoms with Gasteiger partial charge in [-0.3, -0.25) is 4.79 Å². The van der Waals surface area contributed by atoms with Gasteiger partial charge in [0.1, 0.15) is 5.82 Å². The van der Waals surface area contributed by atoms with Crippen molar-refractivity contribution in [2.24, 2.45) is 0 Å². The monoisotopic (exact) mass is 331 g/mol. The van der Waals surface area contributed by atoms with Gasteiger partial charge in [0.15, 0.2) is 0 Å². The minimum atomic E-state index is 0.0908. The number of thiophene rings is 1. The zero-order valence-electron chi connectivity index (χ0n) is 14.0. The lowest BCUT2D eigenvalue weighted by molar-refractivity contribution is 0.0606.